The average Bonchev–Trinajstić information content (AvgIpc) is 2.91. The highest BCUT2D eigenvalue weighted by molar-refractivity contribution is 5.55. The topological polar surface area (TPSA) is 25.8 Å². The lowest BCUT2D eigenvalue weighted by Crippen LogP contribution is -1.94. The lowest BCUT2D eigenvalue weighted by molar-refractivity contribution is 0.549. The zero-order chi connectivity index (χ0) is 25.5. The third-order valence-electron chi connectivity index (χ3n) is 7.56. The van der Waals surface area contributed by atoms with Gasteiger partial charge in [0, 0.05) is 18.0 Å². The molecule has 0 amide bonds. The first kappa shape index (κ1) is 30.5. The molecule has 0 unspecified atom stereocenters. The molecule has 0 N–H and O–H groups in total. The zero-order valence-corrected chi connectivity index (χ0v) is 23.9. The van der Waals surface area contributed by atoms with Crippen LogP contribution in [0.1, 0.15) is 153 Å². The van der Waals surface area contributed by atoms with Crippen molar-refractivity contribution in [3.8, 4) is 11.4 Å². The predicted molar refractivity (Wildman–Crippen MR) is 159 cm³/mol. The Hall–Kier alpha value is -1.70. The highest BCUT2D eigenvalue weighted by Crippen LogP contribution is 2.18. The number of benzene rings is 1. The van der Waals surface area contributed by atoms with Crippen molar-refractivity contribution in [2.75, 3.05) is 0 Å². The summed E-state index contributed by atoms with van der Waals surface area (Å²) < 4.78 is 0. The number of unbranched alkanes of at least 4 members (excludes halogenated alkanes) is 18. The molecule has 2 heteroatoms. The van der Waals surface area contributed by atoms with E-state index in [9.17, 15) is 0 Å². The number of aromatic nitrogens is 2. The summed E-state index contributed by atoms with van der Waals surface area (Å²) >= 11 is 0. The first-order chi connectivity index (χ1) is 17.8. The number of rotatable bonds is 23. The molecule has 0 aliphatic rings. The van der Waals surface area contributed by atoms with Crippen LogP contribution in [0.15, 0.2) is 36.7 Å². The summed E-state index contributed by atoms with van der Waals surface area (Å²) in [5.41, 5.74) is 3.85. The third kappa shape index (κ3) is 14.8. The van der Waals surface area contributed by atoms with E-state index in [1.54, 1.807) is 0 Å². The fraction of sp³-hybridized carbons (Fsp3) is 0.706. The molecule has 2 nitrogen and oxygen atoms in total. The van der Waals surface area contributed by atoms with E-state index in [2.05, 4.69) is 48.1 Å². The first-order valence-electron chi connectivity index (χ1n) is 15.7. The Bertz CT molecular complexity index is 735. The maximum atomic E-state index is 4.66. The van der Waals surface area contributed by atoms with E-state index in [4.69, 9.17) is 0 Å². The van der Waals surface area contributed by atoms with Gasteiger partial charge in [-0.3, -0.25) is 0 Å². The van der Waals surface area contributed by atoms with Crippen molar-refractivity contribution < 1.29 is 0 Å². The van der Waals surface area contributed by atoms with Crippen LogP contribution >= 0.6 is 0 Å². The lowest BCUT2D eigenvalue weighted by Gasteiger charge is -2.06. The van der Waals surface area contributed by atoms with Crippen LogP contribution in [0, 0.1) is 0 Å². The van der Waals surface area contributed by atoms with E-state index in [-0.39, 0.29) is 0 Å². The molecule has 0 fully saturated rings. The number of hydrogen-bond acceptors (Lipinski definition) is 2. The molecule has 0 spiro atoms. The Morgan fingerprint density at radius 3 is 1.19 bits per heavy atom. The summed E-state index contributed by atoms with van der Waals surface area (Å²) in [5.74, 6) is 0.854. The van der Waals surface area contributed by atoms with Gasteiger partial charge in [0.05, 0.1) is 0 Å². The number of nitrogens with zero attached hydrogens (tertiary/aromatic N) is 2. The second kappa shape index (κ2) is 21.4. The van der Waals surface area contributed by atoms with Gasteiger partial charge in [-0.1, -0.05) is 154 Å². The monoisotopic (exact) mass is 492 g/mol. The quantitative estimate of drug-likeness (QED) is 0.144. The van der Waals surface area contributed by atoms with Crippen LogP contribution in [-0.4, -0.2) is 9.97 Å². The van der Waals surface area contributed by atoms with Gasteiger partial charge in [0.25, 0.3) is 0 Å². The van der Waals surface area contributed by atoms with Crippen molar-refractivity contribution in [1.29, 1.82) is 0 Å². The summed E-state index contributed by atoms with van der Waals surface area (Å²) in [6.07, 6.45) is 34.1. The predicted octanol–water partition coefficient (Wildman–Crippen LogP) is 11.1. The molecule has 0 saturated carbocycles. The molecule has 36 heavy (non-hydrogen) atoms. The Morgan fingerprint density at radius 1 is 0.417 bits per heavy atom. The third-order valence-corrected chi connectivity index (χ3v) is 7.56. The maximum absolute atomic E-state index is 4.66. The van der Waals surface area contributed by atoms with E-state index in [0.717, 1.165) is 17.8 Å². The van der Waals surface area contributed by atoms with E-state index < -0.39 is 0 Å². The van der Waals surface area contributed by atoms with E-state index >= 15 is 0 Å². The van der Waals surface area contributed by atoms with Crippen molar-refractivity contribution in [2.45, 2.75) is 155 Å². The summed E-state index contributed by atoms with van der Waals surface area (Å²) in [6.45, 7) is 4.58. The van der Waals surface area contributed by atoms with Gasteiger partial charge >= 0.3 is 0 Å². The van der Waals surface area contributed by atoms with Crippen LogP contribution in [0.25, 0.3) is 11.4 Å². The van der Waals surface area contributed by atoms with Crippen LogP contribution < -0.4 is 0 Å². The summed E-state index contributed by atoms with van der Waals surface area (Å²) in [5, 5.41) is 0. The second-order valence-electron chi connectivity index (χ2n) is 11.0. The van der Waals surface area contributed by atoms with Gasteiger partial charge in [-0.2, -0.15) is 0 Å². The average molecular weight is 493 g/mol. The van der Waals surface area contributed by atoms with Crippen molar-refractivity contribution in [2.24, 2.45) is 0 Å². The Kier molecular flexibility index (Phi) is 18.1. The van der Waals surface area contributed by atoms with Gasteiger partial charge in [-0.25, -0.2) is 9.97 Å². The van der Waals surface area contributed by atoms with Crippen LogP contribution in [0.5, 0.6) is 0 Å². The van der Waals surface area contributed by atoms with Crippen LogP contribution in [0.3, 0.4) is 0 Å². The van der Waals surface area contributed by atoms with Gasteiger partial charge in [-0.05, 0) is 36.8 Å². The van der Waals surface area contributed by atoms with Crippen molar-refractivity contribution >= 4 is 0 Å². The van der Waals surface area contributed by atoms with Gasteiger partial charge in [0.2, 0.25) is 0 Å². The highest BCUT2D eigenvalue weighted by atomic mass is 14.9. The Morgan fingerprint density at radius 2 is 0.778 bits per heavy atom. The minimum Gasteiger partial charge on any atom is -0.236 e. The largest absolute Gasteiger partial charge is 0.236 e. The van der Waals surface area contributed by atoms with Crippen LogP contribution in [-0.2, 0) is 12.8 Å². The standard InChI is InChI=1S/C34H56N2/c1-3-5-7-9-11-13-14-16-18-20-22-24-32-29-35-34(36-30-32)33-27-25-31(26-28-33)23-21-19-17-15-12-10-8-6-4-2/h25-30H,3-24H2,1-2H3. The van der Waals surface area contributed by atoms with E-state index in [1.165, 1.54) is 146 Å². The SMILES string of the molecule is CCCCCCCCCCCCCc1cnc(-c2ccc(CCCCCCCCCCC)cc2)nc1. The molecular formula is C34H56N2. The molecule has 1 heterocycles. The molecule has 1 aromatic heterocycles. The van der Waals surface area contributed by atoms with E-state index in [0.29, 0.717) is 0 Å². The van der Waals surface area contributed by atoms with Crippen LogP contribution in [0.2, 0.25) is 0 Å². The molecule has 1 aromatic carbocycles. The van der Waals surface area contributed by atoms with E-state index in [1.807, 2.05) is 12.4 Å². The maximum Gasteiger partial charge on any atom is 0.159 e. The van der Waals surface area contributed by atoms with Gasteiger partial charge in [0.1, 0.15) is 0 Å². The Balaban J connectivity index is 1.53. The minimum absolute atomic E-state index is 0.854. The Labute approximate surface area is 224 Å². The smallest absolute Gasteiger partial charge is 0.159 e. The molecular weight excluding hydrogens is 436 g/mol. The van der Waals surface area contributed by atoms with Crippen molar-refractivity contribution in [3.63, 3.8) is 0 Å². The number of hydrogen-bond donors (Lipinski definition) is 0. The molecule has 0 aliphatic carbocycles. The summed E-state index contributed by atoms with van der Waals surface area (Å²) in [4.78, 5) is 9.32. The fourth-order valence-electron chi connectivity index (χ4n) is 5.09. The second-order valence-corrected chi connectivity index (χ2v) is 11.0. The molecule has 2 rings (SSSR count). The molecule has 0 bridgehead atoms. The molecule has 0 radical (unpaired) electrons. The molecule has 2 aromatic rings. The fourth-order valence-corrected chi connectivity index (χ4v) is 5.09. The van der Waals surface area contributed by atoms with Crippen molar-refractivity contribution in [3.05, 3.63) is 47.8 Å². The number of aryl methyl sites for hydroxylation is 2. The normalized spacial score (nSPS) is 11.3. The molecule has 0 atom stereocenters. The summed E-state index contributed by atoms with van der Waals surface area (Å²) in [6, 6.07) is 8.93. The highest BCUT2D eigenvalue weighted by Gasteiger charge is 2.03. The first-order valence-corrected chi connectivity index (χ1v) is 15.7. The molecule has 0 saturated heterocycles. The molecule has 202 valence electrons. The van der Waals surface area contributed by atoms with Gasteiger partial charge in [-0.15, -0.1) is 0 Å². The minimum atomic E-state index is 0.854. The van der Waals surface area contributed by atoms with Gasteiger partial charge in [0.15, 0.2) is 5.82 Å². The van der Waals surface area contributed by atoms with Gasteiger partial charge < -0.3 is 0 Å². The molecule has 0 aliphatic heterocycles. The summed E-state index contributed by atoms with van der Waals surface area (Å²) in [7, 11) is 0. The van der Waals surface area contributed by atoms with Crippen molar-refractivity contribution in [1.82, 2.24) is 9.97 Å². The van der Waals surface area contributed by atoms with Crippen LogP contribution in [0.4, 0.5) is 0 Å². The zero-order valence-electron chi connectivity index (χ0n) is 23.9. The lowest BCUT2D eigenvalue weighted by atomic mass is 10.0.